The lowest BCUT2D eigenvalue weighted by Crippen LogP contribution is -2.08. The highest BCUT2D eigenvalue weighted by Gasteiger charge is 2.19. The van der Waals surface area contributed by atoms with Gasteiger partial charge in [-0.1, -0.05) is 11.6 Å². The van der Waals surface area contributed by atoms with Gasteiger partial charge in [0.05, 0.1) is 24.4 Å². The molecule has 0 bridgehead atoms. The van der Waals surface area contributed by atoms with Crippen LogP contribution in [-0.2, 0) is 9.47 Å². The summed E-state index contributed by atoms with van der Waals surface area (Å²) in [4.78, 5) is 29.4. The zero-order valence-electron chi connectivity index (χ0n) is 14.2. The normalized spacial score (nSPS) is 9.85. The summed E-state index contributed by atoms with van der Waals surface area (Å²) in [5.74, 6) is -2.95. The maximum Gasteiger partial charge on any atom is 0.342 e. The monoisotopic (exact) mass is 450 g/mol. The molecule has 0 spiro atoms. The van der Waals surface area contributed by atoms with Crippen molar-refractivity contribution in [3.8, 4) is 0 Å². The molecule has 2 aromatic rings. The second kappa shape index (κ2) is 9.54. The molecular weight excluding hydrogens is 438 g/mol. The first kappa shape index (κ1) is 21.9. The fraction of sp³-hybridized carbons (Fsp3) is 0.250. The van der Waals surface area contributed by atoms with E-state index in [1.807, 2.05) is 0 Å². The molecule has 2 rings (SSSR count). The molecule has 2 heterocycles. The quantitative estimate of drug-likeness (QED) is 0.506. The van der Waals surface area contributed by atoms with Crippen molar-refractivity contribution in [1.29, 1.82) is 0 Å². The largest absolute Gasteiger partial charge is 0.465 e. The van der Waals surface area contributed by atoms with Crippen LogP contribution in [0.4, 0.5) is 8.78 Å². The average Bonchev–Trinajstić information content (AvgIpc) is 2.62. The number of rotatable bonds is 2. The van der Waals surface area contributed by atoms with Gasteiger partial charge in [0.25, 0.3) is 0 Å². The number of halogens is 4. The van der Waals surface area contributed by atoms with E-state index in [0.29, 0.717) is 10.0 Å². The molecule has 0 radical (unpaired) electrons. The van der Waals surface area contributed by atoms with Crippen LogP contribution in [0.25, 0.3) is 0 Å². The Morgan fingerprint density at radius 1 is 1.00 bits per heavy atom. The van der Waals surface area contributed by atoms with E-state index in [1.54, 1.807) is 6.92 Å². The van der Waals surface area contributed by atoms with E-state index < -0.39 is 23.6 Å². The third kappa shape index (κ3) is 4.95. The summed E-state index contributed by atoms with van der Waals surface area (Å²) in [5, 5.41) is -0.328. The number of carbonyl (C=O) groups excluding carboxylic acids is 2. The summed E-state index contributed by atoms with van der Waals surface area (Å²) in [5.41, 5.74) is 0.287. The molecule has 0 fully saturated rings. The van der Waals surface area contributed by atoms with Crippen LogP contribution in [-0.4, -0.2) is 36.1 Å². The number of hydrogen-bond donors (Lipinski definition) is 0. The number of aryl methyl sites for hydroxylation is 2. The van der Waals surface area contributed by atoms with Crippen LogP contribution >= 0.6 is 27.5 Å². The fourth-order valence-electron chi connectivity index (χ4n) is 1.75. The molecule has 6 nitrogen and oxygen atoms in total. The van der Waals surface area contributed by atoms with Crippen molar-refractivity contribution in [1.82, 2.24) is 9.97 Å². The van der Waals surface area contributed by atoms with Gasteiger partial charge >= 0.3 is 11.9 Å². The van der Waals surface area contributed by atoms with E-state index in [4.69, 9.17) is 11.6 Å². The molecule has 10 heteroatoms. The Kier molecular flexibility index (Phi) is 8.04. The maximum atomic E-state index is 13.3. The molecule has 0 atom stereocenters. The van der Waals surface area contributed by atoms with Crippen molar-refractivity contribution in [2.45, 2.75) is 13.8 Å². The van der Waals surface area contributed by atoms with Crippen molar-refractivity contribution in [2.24, 2.45) is 0 Å². The summed E-state index contributed by atoms with van der Waals surface area (Å²) in [7, 11) is 2.37. The smallest absolute Gasteiger partial charge is 0.342 e. The number of methoxy groups -OCH3 is 2. The first-order chi connectivity index (χ1) is 12.1. The lowest BCUT2D eigenvalue weighted by Gasteiger charge is -2.04. The van der Waals surface area contributed by atoms with E-state index in [1.165, 1.54) is 33.5 Å². The third-order valence-electron chi connectivity index (χ3n) is 3.09. The maximum absolute atomic E-state index is 13.3. The highest BCUT2D eigenvalue weighted by Crippen LogP contribution is 2.21. The summed E-state index contributed by atoms with van der Waals surface area (Å²) in [6.07, 6.45) is 2.68. The van der Waals surface area contributed by atoms with Crippen LogP contribution in [0, 0.1) is 25.5 Å². The van der Waals surface area contributed by atoms with E-state index in [9.17, 15) is 18.4 Å². The summed E-state index contributed by atoms with van der Waals surface area (Å²) >= 11 is 8.41. The second-order valence-electron chi connectivity index (χ2n) is 4.78. The van der Waals surface area contributed by atoms with Crippen molar-refractivity contribution in [3.05, 3.63) is 56.0 Å². The molecular formula is C16H14BrClF2N2O4. The van der Waals surface area contributed by atoms with E-state index in [0.717, 1.165) is 0 Å². The zero-order chi connectivity index (χ0) is 20.0. The van der Waals surface area contributed by atoms with Crippen LogP contribution in [0.1, 0.15) is 32.0 Å². The van der Waals surface area contributed by atoms with E-state index >= 15 is 0 Å². The number of hydrogen-bond acceptors (Lipinski definition) is 6. The molecule has 0 aliphatic rings. The predicted octanol–water partition coefficient (Wildman–Crippen LogP) is 4.05. The SMILES string of the molecule is COC(=O)c1c(Br)cnc(C)c1F.COC(=O)c1c(C)cnc(Cl)c1F. The van der Waals surface area contributed by atoms with Crippen LogP contribution in [0.3, 0.4) is 0 Å². The molecule has 0 saturated heterocycles. The molecule has 26 heavy (non-hydrogen) atoms. The number of pyridine rings is 2. The lowest BCUT2D eigenvalue weighted by molar-refractivity contribution is 0.0585. The lowest BCUT2D eigenvalue weighted by atomic mass is 10.1. The predicted molar refractivity (Wildman–Crippen MR) is 93.3 cm³/mol. The van der Waals surface area contributed by atoms with Crippen LogP contribution in [0.15, 0.2) is 16.9 Å². The Bertz CT molecular complexity index is 780. The van der Waals surface area contributed by atoms with Gasteiger partial charge in [-0.2, -0.15) is 0 Å². The second-order valence-corrected chi connectivity index (χ2v) is 6.00. The zero-order valence-corrected chi connectivity index (χ0v) is 16.5. The minimum atomic E-state index is -0.839. The van der Waals surface area contributed by atoms with Gasteiger partial charge in [0, 0.05) is 12.4 Å². The minimum Gasteiger partial charge on any atom is -0.465 e. The van der Waals surface area contributed by atoms with Crippen molar-refractivity contribution in [3.63, 3.8) is 0 Å². The Balaban J connectivity index is 0.000000260. The van der Waals surface area contributed by atoms with Crippen molar-refractivity contribution >= 4 is 39.5 Å². The highest BCUT2D eigenvalue weighted by atomic mass is 79.9. The Hall–Kier alpha value is -2.13. The molecule has 0 aromatic carbocycles. The summed E-state index contributed by atoms with van der Waals surface area (Å²) in [6, 6.07) is 0. The Morgan fingerprint density at radius 2 is 1.54 bits per heavy atom. The van der Waals surface area contributed by atoms with Crippen LogP contribution in [0.2, 0.25) is 5.15 Å². The average molecular weight is 452 g/mol. The van der Waals surface area contributed by atoms with Gasteiger partial charge in [0.2, 0.25) is 0 Å². The molecule has 0 unspecified atom stereocenters. The van der Waals surface area contributed by atoms with E-state index in [2.05, 4.69) is 35.4 Å². The summed E-state index contributed by atoms with van der Waals surface area (Å²) < 4.78 is 35.6. The Morgan fingerprint density at radius 3 is 2.08 bits per heavy atom. The number of nitrogens with zero attached hydrogens (tertiary/aromatic N) is 2. The van der Waals surface area contributed by atoms with Crippen molar-refractivity contribution < 1.29 is 27.8 Å². The van der Waals surface area contributed by atoms with Gasteiger partial charge < -0.3 is 9.47 Å². The van der Waals surface area contributed by atoms with Gasteiger partial charge in [0.15, 0.2) is 16.8 Å². The molecule has 0 N–H and O–H groups in total. The molecule has 0 aliphatic heterocycles. The van der Waals surface area contributed by atoms with Gasteiger partial charge in [-0.25, -0.2) is 23.4 Å². The third-order valence-corrected chi connectivity index (χ3v) is 3.96. The minimum absolute atomic E-state index is 0.116. The van der Waals surface area contributed by atoms with Crippen molar-refractivity contribution in [2.75, 3.05) is 14.2 Å². The van der Waals surface area contributed by atoms with Gasteiger partial charge in [0.1, 0.15) is 11.1 Å². The van der Waals surface area contributed by atoms with Gasteiger partial charge in [-0.3, -0.25) is 4.98 Å². The number of carbonyl (C=O) groups is 2. The summed E-state index contributed by atoms with van der Waals surface area (Å²) in [6.45, 7) is 3.03. The number of aromatic nitrogens is 2. The number of ether oxygens (including phenoxy) is 2. The molecule has 0 saturated carbocycles. The first-order valence-corrected chi connectivity index (χ1v) is 8.10. The van der Waals surface area contributed by atoms with Crippen LogP contribution < -0.4 is 0 Å². The fourth-order valence-corrected chi connectivity index (χ4v) is 2.33. The standard InChI is InChI=1S/C8H7BrFNO2.C8H7ClFNO2/c1-4-7(10)6(8(12)13-2)5(9)3-11-4;1-4-3-11-7(9)6(10)5(4)8(12)13-2/h2*3H,1-2H3. The molecule has 0 aliphatic carbocycles. The van der Waals surface area contributed by atoms with Gasteiger partial charge in [-0.15, -0.1) is 0 Å². The molecule has 0 amide bonds. The Labute approximate surface area is 161 Å². The van der Waals surface area contributed by atoms with Crippen LogP contribution in [0.5, 0.6) is 0 Å². The topological polar surface area (TPSA) is 78.4 Å². The van der Waals surface area contributed by atoms with Gasteiger partial charge in [-0.05, 0) is 35.3 Å². The first-order valence-electron chi connectivity index (χ1n) is 6.93. The van der Waals surface area contributed by atoms with E-state index in [-0.39, 0.29) is 22.0 Å². The highest BCUT2D eigenvalue weighted by molar-refractivity contribution is 9.10. The number of esters is 2. The molecule has 2 aromatic heterocycles. The molecule has 140 valence electrons.